The fourth-order valence-electron chi connectivity index (χ4n) is 2.54. The molecule has 1 heterocycles. The number of ether oxygens (including phenoxy) is 1. The Kier molecular flexibility index (Phi) is 7.67. The molecular formula is C14H25NO4. The molecule has 0 amide bonds. The van der Waals surface area contributed by atoms with Gasteiger partial charge in [0.15, 0.2) is 0 Å². The van der Waals surface area contributed by atoms with Crippen LogP contribution in [0.3, 0.4) is 0 Å². The minimum Gasteiger partial charge on any atom is -0.466 e. The van der Waals surface area contributed by atoms with Crippen LogP contribution >= 0.6 is 0 Å². The predicted octanol–water partition coefficient (Wildman–Crippen LogP) is 1.14. The average molecular weight is 271 g/mol. The molecule has 5 nitrogen and oxygen atoms in total. The number of hydrogen-bond acceptors (Lipinski definition) is 5. The van der Waals surface area contributed by atoms with E-state index in [1.165, 1.54) is 0 Å². The Bertz CT molecular complexity index is 293. The van der Waals surface area contributed by atoms with Gasteiger partial charge in [-0.25, -0.2) is 0 Å². The Morgan fingerprint density at radius 2 is 2.16 bits per heavy atom. The van der Waals surface area contributed by atoms with Crippen molar-refractivity contribution in [1.82, 2.24) is 4.90 Å². The number of rotatable bonds is 9. The van der Waals surface area contributed by atoms with Gasteiger partial charge in [-0.2, -0.15) is 0 Å². The molecule has 1 unspecified atom stereocenters. The van der Waals surface area contributed by atoms with Crippen LogP contribution in [0, 0.1) is 0 Å². The zero-order chi connectivity index (χ0) is 14.1. The van der Waals surface area contributed by atoms with Gasteiger partial charge < -0.3 is 9.84 Å². The first-order valence-corrected chi connectivity index (χ1v) is 7.19. The van der Waals surface area contributed by atoms with Gasteiger partial charge in [-0.15, -0.1) is 0 Å². The minimum absolute atomic E-state index is 0.101. The van der Waals surface area contributed by atoms with Crippen molar-refractivity contribution in [3.63, 3.8) is 0 Å². The number of aliphatic hydroxyl groups is 1. The van der Waals surface area contributed by atoms with E-state index in [1.54, 1.807) is 6.92 Å². The van der Waals surface area contributed by atoms with Crippen molar-refractivity contribution in [1.29, 1.82) is 0 Å². The Hall–Kier alpha value is -0.940. The normalized spacial score (nSPS) is 19.6. The van der Waals surface area contributed by atoms with Crippen LogP contribution in [0.5, 0.6) is 0 Å². The third kappa shape index (κ3) is 6.16. The number of nitrogens with zero attached hydrogens (tertiary/aromatic N) is 1. The summed E-state index contributed by atoms with van der Waals surface area (Å²) in [6, 6.07) is 0.415. The Labute approximate surface area is 114 Å². The van der Waals surface area contributed by atoms with Crippen LogP contribution in [0.4, 0.5) is 0 Å². The molecule has 110 valence electrons. The number of aliphatic hydroxyl groups excluding tert-OH is 1. The number of Topliss-reactive ketones (excluding diaryl/α,β-unsaturated/α-hetero) is 1. The lowest BCUT2D eigenvalue weighted by Gasteiger charge is -2.23. The fraction of sp³-hybridized carbons (Fsp3) is 0.857. The molecule has 0 aliphatic carbocycles. The molecule has 0 aromatic rings. The van der Waals surface area contributed by atoms with E-state index in [9.17, 15) is 9.59 Å². The second-order valence-corrected chi connectivity index (χ2v) is 4.98. The lowest BCUT2D eigenvalue weighted by atomic mass is 10.1. The summed E-state index contributed by atoms with van der Waals surface area (Å²) in [6.07, 6.45) is 4.40. The molecule has 1 N–H and O–H groups in total. The van der Waals surface area contributed by atoms with Crippen molar-refractivity contribution in [2.45, 2.75) is 51.5 Å². The van der Waals surface area contributed by atoms with Gasteiger partial charge in [0.05, 0.1) is 19.6 Å². The van der Waals surface area contributed by atoms with Crippen LogP contribution in [0.1, 0.15) is 45.4 Å². The van der Waals surface area contributed by atoms with Crippen LogP contribution in [0.15, 0.2) is 0 Å². The molecule has 0 radical (unpaired) electrons. The van der Waals surface area contributed by atoms with E-state index in [-0.39, 0.29) is 31.2 Å². The molecule has 1 aliphatic rings. The molecule has 1 atom stereocenters. The molecule has 0 saturated carbocycles. The zero-order valence-corrected chi connectivity index (χ0v) is 11.8. The highest BCUT2D eigenvalue weighted by Crippen LogP contribution is 2.21. The highest BCUT2D eigenvalue weighted by molar-refractivity contribution is 5.84. The highest BCUT2D eigenvalue weighted by atomic mass is 16.5. The van der Waals surface area contributed by atoms with Gasteiger partial charge in [0.25, 0.3) is 0 Å². The summed E-state index contributed by atoms with van der Waals surface area (Å²) in [5.41, 5.74) is 0. The Morgan fingerprint density at radius 3 is 2.84 bits per heavy atom. The molecule has 1 rings (SSSR count). The van der Waals surface area contributed by atoms with E-state index in [0.29, 0.717) is 19.2 Å². The first kappa shape index (κ1) is 16.1. The van der Waals surface area contributed by atoms with Gasteiger partial charge in [0.1, 0.15) is 5.78 Å². The predicted molar refractivity (Wildman–Crippen MR) is 71.8 cm³/mol. The number of esters is 1. The van der Waals surface area contributed by atoms with Crippen LogP contribution < -0.4 is 0 Å². The van der Waals surface area contributed by atoms with Crippen molar-refractivity contribution in [2.24, 2.45) is 0 Å². The Balaban J connectivity index is 2.25. The number of carbonyl (C=O) groups excluding carboxylic acids is 2. The number of hydrogen-bond donors (Lipinski definition) is 1. The minimum atomic E-state index is -0.297. The molecule has 1 aliphatic heterocycles. The van der Waals surface area contributed by atoms with E-state index >= 15 is 0 Å². The quantitative estimate of drug-likeness (QED) is 0.637. The van der Waals surface area contributed by atoms with Crippen molar-refractivity contribution >= 4 is 11.8 Å². The van der Waals surface area contributed by atoms with Crippen molar-refractivity contribution in [2.75, 3.05) is 26.3 Å². The molecule has 0 spiro atoms. The molecule has 0 aromatic carbocycles. The first-order valence-electron chi connectivity index (χ1n) is 7.19. The van der Waals surface area contributed by atoms with Crippen molar-refractivity contribution < 1.29 is 19.4 Å². The summed E-state index contributed by atoms with van der Waals surface area (Å²) < 4.78 is 4.80. The maximum Gasteiger partial charge on any atom is 0.306 e. The second-order valence-electron chi connectivity index (χ2n) is 4.98. The Morgan fingerprint density at radius 1 is 1.37 bits per heavy atom. The summed E-state index contributed by atoms with van der Waals surface area (Å²) in [5.74, 6) is -0.196. The summed E-state index contributed by atoms with van der Waals surface area (Å²) in [7, 11) is 0. The summed E-state index contributed by atoms with van der Waals surface area (Å²) in [6.45, 7) is 3.70. The zero-order valence-electron chi connectivity index (χ0n) is 11.8. The standard InChI is InChI=1S/C14H25NO4/c1-2-19-14(18)8-7-13(17)11-15-9-3-5-12(15)6-4-10-16/h12,16H,2-11H2,1H3. The number of ketones is 1. The van der Waals surface area contributed by atoms with Gasteiger partial charge in [0.2, 0.25) is 0 Å². The van der Waals surface area contributed by atoms with Gasteiger partial charge in [-0.3, -0.25) is 14.5 Å². The summed E-state index contributed by atoms with van der Waals surface area (Å²) in [4.78, 5) is 25.2. The largest absolute Gasteiger partial charge is 0.466 e. The first-order chi connectivity index (χ1) is 9.17. The maximum atomic E-state index is 11.8. The highest BCUT2D eigenvalue weighted by Gasteiger charge is 2.25. The van der Waals surface area contributed by atoms with E-state index in [1.807, 2.05) is 0 Å². The number of likely N-dealkylation sites (tertiary alicyclic amines) is 1. The fourth-order valence-corrected chi connectivity index (χ4v) is 2.54. The lowest BCUT2D eigenvalue weighted by molar-refractivity contribution is -0.144. The number of carbonyl (C=O) groups is 2. The molecule has 1 saturated heterocycles. The third-order valence-corrected chi connectivity index (χ3v) is 3.49. The van der Waals surface area contributed by atoms with Crippen LogP contribution in [-0.2, 0) is 14.3 Å². The van der Waals surface area contributed by atoms with Crippen LogP contribution in [0.25, 0.3) is 0 Å². The van der Waals surface area contributed by atoms with Gasteiger partial charge in [0, 0.05) is 19.1 Å². The van der Waals surface area contributed by atoms with Crippen LogP contribution in [0.2, 0.25) is 0 Å². The topological polar surface area (TPSA) is 66.8 Å². The molecular weight excluding hydrogens is 246 g/mol. The molecule has 0 bridgehead atoms. The van der Waals surface area contributed by atoms with E-state index in [0.717, 1.165) is 32.2 Å². The lowest BCUT2D eigenvalue weighted by Crippen LogP contribution is -2.34. The molecule has 1 fully saturated rings. The molecule has 19 heavy (non-hydrogen) atoms. The van der Waals surface area contributed by atoms with Crippen molar-refractivity contribution in [3.05, 3.63) is 0 Å². The molecule has 0 aromatic heterocycles. The SMILES string of the molecule is CCOC(=O)CCC(=O)CN1CCCC1CCCO. The smallest absolute Gasteiger partial charge is 0.306 e. The maximum absolute atomic E-state index is 11.8. The van der Waals surface area contributed by atoms with E-state index in [2.05, 4.69) is 4.90 Å². The van der Waals surface area contributed by atoms with Crippen molar-refractivity contribution in [3.8, 4) is 0 Å². The second kappa shape index (κ2) is 9.04. The summed E-state index contributed by atoms with van der Waals surface area (Å²) in [5, 5.41) is 8.85. The van der Waals surface area contributed by atoms with Gasteiger partial charge in [-0.05, 0) is 39.2 Å². The average Bonchev–Trinajstić information content (AvgIpc) is 2.81. The summed E-state index contributed by atoms with van der Waals surface area (Å²) >= 11 is 0. The monoisotopic (exact) mass is 271 g/mol. The van der Waals surface area contributed by atoms with Crippen LogP contribution in [-0.4, -0.2) is 54.1 Å². The van der Waals surface area contributed by atoms with Gasteiger partial charge >= 0.3 is 5.97 Å². The van der Waals surface area contributed by atoms with E-state index in [4.69, 9.17) is 9.84 Å². The molecule has 5 heteroatoms. The van der Waals surface area contributed by atoms with E-state index < -0.39 is 0 Å². The third-order valence-electron chi connectivity index (χ3n) is 3.49. The van der Waals surface area contributed by atoms with Gasteiger partial charge in [-0.1, -0.05) is 0 Å².